The van der Waals surface area contributed by atoms with E-state index in [1.54, 1.807) is 12.1 Å². The monoisotopic (exact) mass is 415 g/mol. The number of rotatable bonds is 7. The zero-order chi connectivity index (χ0) is 21.6. The molecule has 0 fully saturated rings. The zero-order valence-electron chi connectivity index (χ0n) is 17.1. The Morgan fingerprint density at radius 1 is 1.00 bits per heavy atom. The molecule has 4 rings (SSSR count). The fourth-order valence-electron chi connectivity index (χ4n) is 3.25. The van der Waals surface area contributed by atoms with Crippen LogP contribution < -0.4 is 15.6 Å². The van der Waals surface area contributed by atoms with Crippen molar-refractivity contribution in [2.75, 3.05) is 5.32 Å². The number of nitrogens with one attached hydrogen (secondary N) is 1. The molecule has 0 bridgehead atoms. The summed E-state index contributed by atoms with van der Waals surface area (Å²) in [5.74, 6) is 0.0480. The maximum atomic E-state index is 14.7. The van der Waals surface area contributed by atoms with E-state index >= 15 is 0 Å². The van der Waals surface area contributed by atoms with Gasteiger partial charge in [-0.3, -0.25) is 9.36 Å². The molecule has 0 saturated carbocycles. The maximum absolute atomic E-state index is 14.7. The Hall–Kier alpha value is -3.93. The number of benzene rings is 3. The highest BCUT2D eigenvalue weighted by atomic mass is 19.1. The molecule has 3 aromatic carbocycles. The van der Waals surface area contributed by atoms with Gasteiger partial charge in [-0.2, -0.15) is 0 Å². The van der Waals surface area contributed by atoms with Gasteiger partial charge in [0.1, 0.15) is 6.61 Å². The van der Waals surface area contributed by atoms with Gasteiger partial charge in [0.25, 0.3) is 5.56 Å². The van der Waals surface area contributed by atoms with Crippen LogP contribution in [0.4, 0.5) is 16.0 Å². The fourth-order valence-corrected chi connectivity index (χ4v) is 3.25. The van der Waals surface area contributed by atoms with Gasteiger partial charge in [-0.1, -0.05) is 54.6 Å². The van der Waals surface area contributed by atoms with Crippen LogP contribution in [-0.4, -0.2) is 9.55 Å². The van der Waals surface area contributed by atoms with Gasteiger partial charge in [0.05, 0.1) is 5.56 Å². The van der Waals surface area contributed by atoms with E-state index < -0.39 is 5.82 Å². The van der Waals surface area contributed by atoms with Crippen LogP contribution in [0.15, 0.2) is 89.9 Å². The van der Waals surface area contributed by atoms with Crippen molar-refractivity contribution in [1.82, 2.24) is 9.55 Å². The third kappa shape index (κ3) is 4.64. The molecule has 0 amide bonds. The normalized spacial score (nSPS) is 10.6. The van der Waals surface area contributed by atoms with Crippen molar-refractivity contribution in [3.05, 3.63) is 107 Å². The van der Waals surface area contributed by atoms with E-state index in [0.717, 1.165) is 11.3 Å². The molecule has 0 aliphatic heterocycles. The molecule has 4 aromatic rings. The summed E-state index contributed by atoms with van der Waals surface area (Å²) in [6.07, 6.45) is 1.47. The summed E-state index contributed by atoms with van der Waals surface area (Å²) in [7, 11) is 0. The van der Waals surface area contributed by atoms with Crippen molar-refractivity contribution in [2.45, 2.75) is 20.1 Å². The summed E-state index contributed by atoms with van der Waals surface area (Å²) in [5.41, 5.74) is 2.32. The van der Waals surface area contributed by atoms with Crippen LogP contribution in [0.2, 0.25) is 0 Å². The van der Waals surface area contributed by atoms with Gasteiger partial charge < -0.3 is 10.1 Å². The quantitative estimate of drug-likeness (QED) is 0.440. The smallest absolute Gasteiger partial charge is 0.262 e. The van der Waals surface area contributed by atoms with Crippen molar-refractivity contribution < 1.29 is 9.13 Å². The highest BCUT2D eigenvalue weighted by Gasteiger charge is 2.14. The number of anilines is 2. The first kappa shape index (κ1) is 20.3. The predicted octanol–water partition coefficient (Wildman–Crippen LogP) is 5.39. The lowest BCUT2D eigenvalue weighted by Gasteiger charge is -2.14. The number of hydrogen-bond acceptors (Lipinski definition) is 4. The van der Waals surface area contributed by atoms with Gasteiger partial charge in [-0.25, -0.2) is 9.37 Å². The minimum atomic E-state index is -0.526. The summed E-state index contributed by atoms with van der Waals surface area (Å²) in [6, 6.07) is 23.6. The molecular formula is C25H22FN3O2. The first-order valence-corrected chi connectivity index (χ1v) is 10.0. The Bertz CT molecular complexity index is 1220. The summed E-state index contributed by atoms with van der Waals surface area (Å²) >= 11 is 0. The molecule has 0 radical (unpaired) electrons. The lowest BCUT2D eigenvalue weighted by Crippen LogP contribution is -2.24. The zero-order valence-corrected chi connectivity index (χ0v) is 17.1. The largest absolute Gasteiger partial charge is 0.486 e. The SMILES string of the molecule is CCn1c(Nc2ccccc2)ncc(-c2ccc(OCc3ccccc3)c(F)c2)c1=O. The number of para-hydroxylation sites is 1. The molecule has 5 nitrogen and oxygen atoms in total. The van der Waals surface area contributed by atoms with Gasteiger partial charge in [0.15, 0.2) is 11.6 Å². The van der Waals surface area contributed by atoms with Crippen LogP contribution in [0.5, 0.6) is 5.75 Å². The van der Waals surface area contributed by atoms with Crippen LogP contribution in [0.3, 0.4) is 0 Å². The van der Waals surface area contributed by atoms with Crippen molar-refractivity contribution in [2.24, 2.45) is 0 Å². The molecular weight excluding hydrogens is 393 g/mol. The second-order valence-electron chi connectivity index (χ2n) is 6.96. The third-order valence-electron chi connectivity index (χ3n) is 4.87. The van der Waals surface area contributed by atoms with Crippen molar-refractivity contribution in [1.29, 1.82) is 0 Å². The Balaban J connectivity index is 1.59. The van der Waals surface area contributed by atoms with Crippen LogP contribution in [0.25, 0.3) is 11.1 Å². The van der Waals surface area contributed by atoms with Crippen LogP contribution in [0.1, 0.15) is 12.5 Å². The van der Waals surface area contributed by atoms with Crippen molar-refractivity contribution in [3.8, 4) is 16.9 Å². The van der Waals surface area contributed by atoms with E-state index in [0.29, 0.717) is 23.6 Å². The predicted molar refractivity (Wildman–Crippen MR) is 120 cm³/mol. The second-order valence-corrected chi connectivity index (χ2v) is 6.96. The Morgan fingerprint density at radius 3 is 2.39 bits per heavy atom. The Kier molecular flexibility index (Phi) is 6.08. The van der Waals surface area contributed by atoms with Crippen molar-refractivity contribution >= 4 is 11.6 Å². The van der Waals surface area contributed by atoms with E-state index in [1.807, 2.05) is 67.6 Å². The minimum absolute atomic E-state index is 0.138. The molecule has 156 valence electrons. The summed E-state index contributed by atoms with van der Waals surface area (Å²) < 4.78 is 21.8. The number of halogens is 1. The summed E-state index contributed by atoms with van der Waals surface area (Å²) in [4.78, 5) is 17.5. The van der Waals surface area contributed by atoms with E-state index in [2.05, 4.69) is 10.3 Å². The highest BCUT2D eigenvalue weighted by Crippen LogP contribution is 2.25. The number of ether oxygens (including phenoxy) is 1. The molecule has 0 aliphatic rings. The molecule has 1 aromatic heterocycles. The van der Waals surface area contributed by atoms with Gasteiger partial charge >= 0.3 is 0 Å². The Morgan fingerprint density at radius 2 is 1.71 bits per heavy atom. The third-order valence-corrected chi connectivity index (χ3v) is 4.87. The molecule has 0 aliphatic carbocycles. The van der Waals surface area contributed by atoms with Crippen LogP contribution in [0, 0.1) is 5.82 Å². The van der Waals surface area contributed by atoms with E-state index in [-0.39, 0.29) is 17.9 Å². The summed E-state index contributed by atoms with van der Waals surface area (Å²) in [5, 5.41) is 3.15. The average Bonchev–Trinajstić information content (AvgIpc) is 2.80. The first-order valence-electron chi connectivity index (χ1n) is 10.0. The van der Waals surface area contributed by atoms with Crippen molar-refractivity contribution in [3.63, 3.8) is 0 Å². The topological polar surface area (TPSA) is 56.1 Å². The number of nitrogens with zero attached hydrogens (tertiary/aromatic N) is 2. The minimum Gasteiger partial charge on any atom is -0.486 e. The molecule has 0 saturated heterocycles. The lowest BCUT2D eigenvalue weighted by molar-refractivity contribution is 0.290. The van der Waals surface area contributed by atoms with E-state index in [9.17, 15) is 9.18 Å². The van der Waals surface area contributed by atoms with Gasteiger partial charge in [0.2, 0.25) is 5.95 Å². The van der Waals surface area contributed by atoms with Gasteiger partial charge in [0, 0.05) is 18.4 Å². The average molecular weight is 415 g/mol. The Labute approximate surface area is 179 Å². The number of aromatic nitrogens is 2. The van der Waals surface area contributed by atoms with Crippen LogP contribution in [-0.2, 0) is 13.2 Å². The molecule has 0 unspecified atom stereocenters. The molecule has 6 heteroatoms. The van der Waals surface area contributed by atoms with E-state index in [1.165, 1.54) is 16.8 Å². The van der Waals surface area contributed by atoms with Gasteiger partial charge in [-0.05, 0) is 42.3 Å². The molecule has 1 N–H and O–H groups in total. The first-order chi connectivity index (χ1) is 15.2. The molecule has 31 heavy (non-hydrogen) atoms. The van der Waals surface area contributed by atoms with E-state index in [4.69, 9.17) is 4.74 Å². The molecule has 1 heterocycles. The highest BCUT2D eigenvalue weighted by molar-refractivity contribution is 5.64. The standard InChI is InChI=1S/C25H22FN3O2/c1-2-29-24(30)21(16-27-25(29)28-20-11-7-4-8-12-20)19-13-14-23(22(26)15-19)31-17-18-9-5-3-6-10-18/h3-16H,2,17H2,1H3,(H,27,28). The molecule has 0 atom stereocenters. The van der Waals surface area contributed by atoms with Crippen LogP contribution >= 0.6 is 0 Å². The van der Waals surface area contributed by atoms with Gasteiger partial charge in [-0.15, -0.1) is 0 Å². The lowest BCUT2D eigenvalue weighted by atomic mass is 10.1. The summed E-state index contributed by atoms with van der Waals surface area (Å²) in [6.45, 7) is 2.56. The maximum Gasteiger partial charge on any atom is 0.262 e. The number of hydrogen-bond donors (Lipinski definition) is 1. The second kappa shape index (κ2) is 9.26. The fraction of sp³-hybridized carbons (Fsp3) is 0.120. The molecule has 0 spiro atoms.